The molecular formula is C13H8ClF3O2. The molecule has 2 nitrogen and oxygen atoms in total. The first kappa shape index (κ1) is 13.5. The van der Waals surface area contributed by atoms with Gasteiger partial charge in [-0.2, -0.15) is 0 Å². The van der Waals surface area contributed by atoms with Gasteiger partial charge in [0.25, 0.3) is 0 Å². The Balaban J connectivity index is 2.30. The van der Waals surface area contributed by atoms with E-state index >= 15 is 0 Å². The fourth-order valence-electron chi connectivity index (χ4n) is 1.58. The summed E-state index contributed by atoms with van der Waals surface area (Å²) >= 11 is 5.91. The molecular weight excluding hydrogens is 281 g/mol. The van der Waals surface area contributed by atoms with Crippen molar-refractivity contribution in [3.05, 3.63) is 47.5 Å². The van der Waals surface area contributed by atoms with Crippen molar-refractivity contribution in [1.82, 2.24) is 0 Å². The Labute approximate surface area is 112 Å². The van der Waals surface area contributed by atoms with E-state index < -0.39 is 6.36 Å². The van der Waals surface area contributed by atoms with Gasteiger partial charge in [0.1, 0.15) is 11.5 Å². The molecule has 0 bridgehead atoms. The minimum absolute atomic E-state index is 0.0882. The zero-order valence-electron chi connectivity index (χ0n) is 9.41. The predicted octanol–water partition coefficient (Wildman–Crippen LogP) is 4.61. The number of halogens is 4. The van der Waals surface area contributed by atoms with Crippen LogP contribution in [-0.2, 0) is 0 Å². The van der Waals surface area contributed by atoms with Crippen molar-refractivity contribution in [3.63, 3.8) is 0 Å². The molecule has 2 aromatic carbocycles. The summed E-state index contributed by atoms with van der Waals surface area (Å²) in [7, 11) is 0. The van der Waals surface area contributed by atoms with Crippen LogP contribution in [0.2, 0.25) is 5.02 Å². The summed E-state index contributed by atoms with van der Waals surface area (Å²) in [6.07, 6.45) is -4.72. The number of hydrogen-bond donors (Lipinski definition) is 1. The van der Waals surface area contributed by atoms with Gasteiger partial charge in [-0.3, -0.25) is 0 Å². The quantitative estimate of drug-likeness (QED) is 0.874. The van der Waals surface area contributed by atoms with Crippen LogP contribution in [-0.4, -0.2) is 11.5 Å². The van der Waals surface area contributed by atoms with E-state index in [1.165, 1.54) is 30.3 Å². The topological polar surface area (TPSA) is 29.5 Å². The van der Waals surface area contributed by atoms with Crippen LogP contribution in [0.3, 0.4) is 0 Å². The average Bonchev–Trinajstić information content (AvgIpc) is 2.32. The Morgan fingerprint density at radius 2 is 1.63 bits per heavy atom. The summed E-state index contributed by atoms with van der Waals surface area (Å²) in [6.45, 7) is 0. The molecule has 0 aliphatic heterocycles. The van der Waals surface area contributed by atoms with Crippen molar-refractivity contribution in [2.75, 3.05) is 0 Å². The van der Waals surface area contributed by atoms with Crippen molar-refractivity contribution < 1.29 is 23.0 Å². The van der Waals surface area contributed by atoms with Gasteiger partial charge in [-0.1, -0.05) is 35.9 Å². The molecule has 0 fully saturated rings. The lowest BCUT2D eigenvalue weighted by Gasteiger charge is -2.10. The van der Waals surface area contributed by atoms with Crippen molar-refractivity contribution in [3.8, 4) is 22.6 Å². The molecule has 0 aliphatic carbocycles. The number of phenolic OH excluding ortho intramolecular Hbond substituents is 1. The SMILES string of the molecule is Oc1cccc(-c2ccc(OC(F)(F)F)cc2)c1Cl. The molecule has 0 unspecified atom stereocenters. The monoisotopic (exact) mass is 288 g/mol. The third-order valence-corrected chi connectivity index (χ3v) is 2.77. The van der Waals surface area contributed by atoms with E-state index in [9.17, 15) is 18.3 Å². The van der Waals surface area contributed by atoms with Crippen LogP contribution in [0.15, 0.2) is 42.5 Å². The molecule has 1 N–H and O–H groups in total. The Hall–Kier alpha value is -1.88. The van der Waals surface area contributed by atoms with E-state index in [-0.39, 0.29) is 16.5 Å². The highest BCUT2D eigenvalue weighted by Gasteiger charge is 2.30. The minimum Gasteiger partial charge on any atom is -0.506 e. The van der Waals surface area contributed by atoms with Gasteiger partial charge in [0.15, 0.2) is 0 Å². The Morgan fingerprint density at radius 1 is 1.00 bits per heavy atom. The smallest absolute Gasteiger partial charge is 0.506 e. The van der Waals surface area contributed by atoms with Gasteiger partial charge in [-0.15, -0.1) is 13.2 Å². The van der Waals surface area contributed by atoms with E-state index in [0.717, 1.165) is 0 Å². The maximum Gasteiger partial charge on any atom is 0.573 e. The molecule has 0 saturated carbocycles. The molecule has 100 valence electrons. The molecule has 0 radical (unpaired) electrons. The largest absolute Gasteiger partial charge is 0.573 e. The van der Waals surface area contributed by atoms with Crippen molar-refractivity contribution >= 4 is 11.6 Å². The molecule has 0 heterocycles. The van der Waals surface area contributed by atoms with Gasteiger partial charge in [-0.05, 0) is 23.8 Å². The highest BCUT2D eigenvalue weighted by Crippen LogP contribution is 2.35. The molecule has 0 spiro atoms. The lowest BCUT2D eigenvalue weighted by atomic mass is 10.1. The van der Waals surface area contributed by atoms with Crippen LogP contribution in [0.1, 0.15) is 0 Å². The standard InChI is InChI=1S/C13H8ClF3O2/c14-12-10(2-1-3-11(12)18)8-4-6-9(7-5-8)19-13(15,16)17/h1-7,18H. The number of benzene rings is 2. The summed E-state index contributed by atoms with van der Waals surface area (Å²) in [5.41, 5.74) is 1.11. The second-order valence-corrected chi connectivity index (χ2v) is 4.09. The first-order chi connectivity index (χ1) is 8.87. The van der Waals surface area contributed by atoms with Gasteiger partial charge in [-0.25, -0.2) is 0 Å². The molecule has 0 aliphatic rings. The lowest BCUT2D eigenvalue weighted by Crippen LogP contribution is -2.16. The normalized spacial score (nSPS) is 11.4. The Kier molecular flexibility index (Phi) is 3.57. The van der Waals surface area contributed by atoms with Crippen LogP contribution in [0.25, 0.3) is 11.1 Å². The summed E-state index contributed by atoms with van der Waals surface area (Å²) in [6, 6.07) is 9.90. The van der Waals surface area contributed by atoms with Crippen molar-refractivity contribution in [2.45, 2.75) is 6.36 Å². The average molecular weight is 289 g/mol. The molecule has 2 rings (SSSR count). The number of aromatic hydroxyl groups is 1. The van der Waals surface area contributed by atoms with Crippen molar-refractivity contribution in [2.24, 2.45) is 0 Å². The second-order valence-electron chi connectivity index (χ2n) is 3.71. The van der Waals surface area contributed by atoms with E-state index in [1.54, 1.807) is 12.1 Å². The zero-order valence-corrected chi connectivity index (χ0v) is 10.2. The first-order valence-corrected chi connectivity index (χ1v) is 5.58. The first-order valence-electron chi connectivity index (χ1n) is 5.20. The fourth-order valence-corrected chi connectivity index (χ4v) is 1.81. The van der Waals surface area contributed by atoms with Crippen LogP contribution in [0.5, 0.6) is 11.5 Å². The third kappa shape index (κ3) is 3.32. The summed E-state index contributed by atoms with van der Waals surface area (Å²) < 4.78 is 39.8. The number of ether oxygens (including phenoxy) is 1. The molecule has 6 heteroatoms. The van der Waals surface area contributed by atoms with Crippen LogP contribution < -0.4 is 4.74 Å². The lowest BCUT2D eigenvalue weighted by molar-refractivity contribution is -0.274. The Morgan fingerprint density at radius 3 is 2.21 bits per heavy atom. The number of rotatable bonds is 2. The van der Waals surface area contributed by atoms with Gasteiger partial charge in [0.05, 0.1) is 5.02 Å². The molecule has 19 heavy (non-hydrogen) atoms. The van der Waals surface area contributed by atoms with Gasteiger partial charge in [0, 0.05) is 5.56 Å². The molecule has 0 atom stereocenters. The molecule has 0 aromatic heterocycles. The molecule has 0 amide bonds. The highest BCUT2D eigenvalue weighted by molar-refractivity contribution is 6.34. The maximum atomic E-state index is 12.0. The summed E-state index contributed by atoms with van der Waals surface area (Å²) in [4.78, 5) is 0. The predicted molar refractivity (Wildman–Crippen MR) is 65.2 cm³/mol. The zero-order chi connectivity index (χ0) is 14.0. The fraction of sp³-hybridized carbons (Fsp3) is 0.0769. The van der Waals surface area contributed by atoms with E-state index in [4.69, 9.17) is 11.6 Å². The van der Waals surface area contributed by atoms with Crippen LogP contribution in [0, 0.1) is 0 Å². The van der Waals surface area contributed by atoms with Crippen LogP contribution >= 0.6 is 11.6 Å². The van der Waals surface area contributed by atoms with E-state index in [1.807, 2.05) is 0 Å². The highest BCUT2D eigenvalue weighted by atomic mass is 35.5. The maximum absolute atomic E-state index is 12.0. The number of hydrogen-bond acceptors (Lipinski definition) is 2. The van der Waals surface area contributed by atoms with E-state index in [2.05, 4.69) is 4.74 Å². The van der Waals surface area contributed by atoms with Crippen LogP contribution in [0.4, 0.5) is 13.2 Å². The third-order valence-electron chi connectivity index (χ3n) is 2.38. The molecule has 0 saturated heterocycles. The summed E-state index contributed by atoms with van der Waals surface area (Å²) in [5.74, 6) is -0.401. The summed E-state index contributed by atoms with van der Waals surface area (Å²) in [5, 5.41) is 9.61. The number of phenols is 1. The van der Waals surface area contributed by atoms with Gasteiger partial charge in [0.2, 0.25) is 0 Å². The van der Waals surface area contributed by atoms with Gasteiger partial charge >= 0.3 is 6.36 Å². The second kappa shape index (κ2) is 5.01. The minimum atomic E-state index is -4.72. The molecule has 2 aromatic rings. The van der Waals surface area contributed by atoms with E-state index in [0.29, 0.717) is 11.1 Å². The number of alkyl halides is 3. The van der Waals surface area contributed by atoms with Gasteiger partial charge < -0.3 is 9.84 Å². The van der Waals surface area contributed by atoms with Crippen molar-refractivity contribution in [1.29, 1.82) is 0 Å². The Bertz CT molecular complexity index is 579.